The molecule has 0 aromatic rings. The monoisotopic (exact) mass is 344 g/mol. The van der Waals surface area contributed by atoms with E-state index in [4.69, 9.17) is 4.74 Å². The Morgan fingerprint density at radius 2 is 2.00 bits per heavy atom. The van der Waals surface area contributed by atoms with Gasteiger partial charge in [0, 0.05) is 5.41 Å². The van der Waals surface area contributed by atoms with E-state index in [1.54, 1.807) is 6.08 Å². The Labute approximate surface area is 149 Å². The first-order valence-electron chi connectivity index (χ1n) is 9.32. The van der Waals surface area contributed by atoms with Crippen LogP contribution in [0.4, 0.5) is 0 Å². The Morgan fingerprint density at radius 1 is 1.28 bits per heavy atom. The maximum atomic E-state index is 13.0. The molecule has 0 saturated heterocycles. The SMILES string of the molecule is COC(=O)[C@]12CCC(C(C)C)=C1C1CCC(C=O)=CC(=O)[C@]1(C)CC2. The fraction of sp³-hybridized carbons (Fsp3) is 0.667. The molecule has 3 aliphatic rings. The van der Waals surface area contributed by atoms with E-state index in [0.29, 0.717) is 30.8 Å². The summed E-state index contributed by atoms with van der Waals surface area (Å²) >= 11 is 0. The predicted molar refractivity (Wildman–Crippen MR) is 94.8 cm³/mol. The van der Waals surface area contributed by atoms with Crippen LogP contribution in [0.25, 0.3) is 0 Å². The lowest BCUT2D eigenvalue weighted by molar-refractivity contribution is -0.154. The van der Waals surface area contributed by atoms with Crippen LogP contribution >= 0.6 is 0 Å². The second-order valence-corrected chi connectivity index (χ2v) is 8.38. The highest BCUT2D eigenvalue weighted by atomic mass is 16.5. The average molecular weight is 344 g/mol. The number of fused-ring (bicyclic) bond motifs is 3. The van der Waals surface area contributed by atoms with Crippen LogP contribution in [-0.2, 0) is 19.1 Å². The molecule has 0 aliphatic heterocycles. The molecule has 3 aliphatic carbocycles. The molecule has 0 heterocycles. The molecule has 1 saturated carbocycles. The van der Waals surface area contributed by atoms with Gasteiger partial charge in [0.25, 0.3) is 0 Å². The Kier molecular flexibility index (Phi) is 4.50. The van der Waals surface area contributed by atoms with Crippen molar-refractivity contribution in [3.05, 3.63) is 22.8 Å². The molecule has 4 nitrogen and oxygen atoms in total. The van der Waals surface area contributed by atoms with Gasteiger partial charge < -0.3 is 4.74 Å². The second-order valence-electron chi connectivity index (χ2n) is 8.38. The molecular formula is C21H28O4. The van der Waals surface area contributed by atoms with Gasteiger partial charge in [0.1, 0.15) is 6.29 Å². The molecule has 0 radical (unpaired) electrons. The van der Waals surface area contributed by atoms with Gasteiger partial charge in [0.2, 0.25) is 0 Å². The van der Waals surface area contributed by atoms with Crippen LogP contribution in [0, 0.1) is 22.7 Å². The van der Waals surface area contributed by atoms with Crippen molar-refractivity contribution in [1.82, 2.24) is 0 Å². The Morgan fingerprint density at radius 3 is 2.60 bits per heavy atom. The summed E-state index contributed by atoms with van der Waals surface area (Å²) in [4.78, 5) is 37.0. The zero-order chi connectivity index (χ0) is 18.4. The topological polar surface area (TPSA) is 60.4 Å². The van der Waals surface area contributed by atoms with Gasteiger partial charge in [0.05, 0.1) is 12.5 Å². The number of allylic oxidation sites excluding steroid dienone is 3. The third-order valence-corrected chi connectivity index (χ3v) is 6.90. The zero-order valence-corrected chi connectivity index (χ0v) is 15.7. The first-order valence-corrected chi connectivity index (χ1v) is 9.32. The van der Waals surface area contributed by atoms with Crippen molar-refractivity contribution < 1.29 is 19.1 Å². The number of ketones is 1. The minimum atomic E-state index is -0.565. The highest BCUT2D eigenvalue weighted by Crippen LogP contribution is 2.62. The van der Waals surface area contributed by atoms with Crippen molar-refractivity contribution in [2.24, 2.45) is 22.7 Å². The molecule has 1 unspecified atom stereocenters. The van der Waals surface area contributed by atoms with Crippen LogP contribution in [0.5, 0.6) is 0 Å². The first kappa shape index (κ1) is 18.1. The molecule has 4 heteroatoms. The van der Waals surface area contributed by atoms with Crippen molar-refractivity contribution in [2.75, 3.05) is 7.11 Å². The van der Waals surface area contributed by atoms with E-state index in [-0.39, 0.29) is 17.7 Å². The summed E-state index contributed by atoms with van der Waals surface area (Å²) in [6.07, 6.45) is 6.71. The molecule has 0 N–H and O–H groups in total. The van der Waals surface area contributed by atoms with Gasteiger partial charge in [0.15, 0.2) is 5.78 Å². The number of carbonyl (C=O) groups excluding carboxylic acids is 3. The maximum absolute atomic E-state index is 13.0. The number of carbonyl (C=O) groups is 3. The summed E-state index contributed by atoms with van der Waals surface area (Å²) < 4.78 is 5.21. The zero-order valence-electron chi connectivity index (χ0n) is 15.7. The van der Waals surface area contributed by atoms with E-state index >= 15 is 0 Å². The molecule has 25 heavy (non-hydrogen) atoms. The predicted octanol–water partition coefficient (Wildman–Crippen LogP) is 3.80. The molecule has 0 amide bonds. The molecule has 0 spiro atoms. The van der Waals surface area contributed by atoms with Crippen LogP contribution in [0.1, 0.15) is 59.3 Å². The third kappa shape index (κ3) is 2.52. The molecule has 0 bridgehead atoms. The second kappa shape index (κ2) is 6.22. The molecule has 0 aromatic carbocycles. The molecule has 1 fully saturated rings. The highest BCUT2D eigenvalue weighted by Gasteiger charge is 2.59. The number of methoxy groups -OCH3 is 1. The Bertz CT molecular complexity index is 684. The van der Waals surface area contributed by atoms with Crippen molar-refractivity contribution in [3.8, 4) is 0 Å². The van der Waals surface area contributed by atoms with Gasteiger partial charge in [-0.15, -0.1) is 0 Å². The molecular weight excluding hydrogens is 316 g/mol. The lowest BCUT2D eigenvalue weighted by Gasteiger charge is -2.48. The highest BCUT2D eigenvalue weighted by molar-refractivity contribution is 6.00. The Hall–Kier alpha value is -1.71. The van der Waals surface area contributed by atoms with Gasteiger partial charge in [-0.25, -0.2) is 0 Å². The van der Waals surface area contributed by atoms with Crippen LogP contribution in [0.15, 0.2) is 22.8 Å². The molecule has 136 valence electrons. The summed E-state index contributed by atoms with van der Waals surface area (Å²) in [6, 6.07) is 0. The van der Waals surface area contributed by atoms with E-state index in [0.717, 1.165) is 31.1 Å². The lowest BCUT2D eigenvalue weighted by atomic mass is 9.54. The molecule has 3 atom stereocenters. The minimum absolute atomic E-state index is 0.0152. The average Bonchev–Trinajstić information content (AvgIpc) is 2.94. The van der Waals surface area contributed by atoms with Crippen molar-refractivity contribution in [1.29, 1.82) is 0 Å². The van der Waals surface area contributed by atoms with Gasteiger partial charge in [-0.05, 0) is 67.6 Å². The number of hydrogen-bond acceptors (Lipinski definition) is 4. The van der Waals surface area contributed by atoms with Crippen molar-refractivity contribution in [3.63, 3.8) is 0 Å². The Balaban J connectivity index is 2.16. The fourth-order valence-corrected chi connectivity index (χ4v) is 5.38. The summed E-state index contributed by atoms with van der Waals surface area (Å²) in [7, 11) is 1.46. The van der Waals surface area contributed by atoms with Crippen LogP contribution in [0.2, 0.25) is 0 Å². The third-order valence-electron chi connectivity index (χ3n) is 6.90. The lowest BCUT2D eigenvalue weighted by Crippen LogP contribution is -2.48. The standard InChI is InChI=1S/C21H28O4/c1-13(2)15-7-8-21(19(24)25-4)10-9-20(3)16(18(15)21)6-5-14(12-22)11-17(20)23/h11-13,16H,5-10H2,1-4H3/t16?,20-,21+/m1/s1. The summed E-state index contributed by atoms with van der Waals surface area (Å²) in [5, 5.41) is 0. The van der Waals surface area contributed by atoms with Gasteiger partial charge >= 0.3 is 5.97 Å². The van der Waals surface area contributed by atoms with Crippen molar-refractivity contribution >= 4 is 18.0 Å². The van der Waals surface area contributed by atoms with E-state index in [1.165, 1.54) is 12.7 Å². The van der Waals surface area contributed by atoms with Gasteiger partial charge in [-0.1, -0.05) is 26.3 Å². The largest absolute Gasteiger partial charge is 0.468 e. The van der Waals surface area contributed by atoms with Gasteiger partial charge in [-0.3, -0.25) is 14.4 Å². The quantitative estimate of drug-likeness (QED) is 0.444. The van der Waals surface area contributed by atoms with Crippen LogP contribution < -0.4 is 0 Å². The fourth-order valence-electron chi connectivity index (χ4n) is 5.38. The molecule has 0 aromatic heterocycles. The van der Waals surface area contributed by atoms with E-state index in [1.807, 2.05) is 6.92 Å². The normalized spacial score (nSPS) is 35.0. The minimum Gasteiger partial charge on any atom is -0.468 e. The number of hydrogen-bond donors (Lipinski definition) is 0. The summed E-state index contributed by atoms with van der Waals surface area (Å²) in [5.41, 5.74) is 1.97. The number of esters is 1. The smallest absolute Gasteiger partial charge is 0.315 e. The van der Waals surface area contributed by atoms with E-state index in [2.05, 4.69) is 13.8 Å². The van der Waals surface area contributed by atoms with Gasteiger partial charge in [-0.2, -0.15) is 0 Å². The summed E-state index contributed by atoms with van der Waals surface area (Å²) in [5.74, 6) is 0.251. The van der Waals surface area contributed by atoms with E-state index in [9.17, 15) is 14.4 Å². The first-order chi connectivity index (χ1) is 11.8. The molecule has 3 rings (SSSR count). The van der Waals surface area contributed by atoms with E-state index < -0.39 is 10.8 Å². The summed E-state index contributed by atoms with van der Waals surface area (Å²) in [6.45, 7) is 6.35. The van der Waals surface area contributed by atoms with Crippen LogP contribution in [0.3, 0.4) is 0 Å². The van der Waals surface area contributed by atoms with Crippen LogP contribution in [-0.4, -0.2) is 25.1 Å². The van der Waals surface area contributed by atoms with Crippen molar-refractivity contribution in [2.45, 2.75) is 59.3 Å². The number of aldehydes is 1. The number of ether oxygens (including phenoxy) is 1. The number of rotatable bonds is 3. The maximum Gasteiger partial charge on any atom is 0.315 e.